The monoisotopic (exact) mass is 442 g/mol. The number of methoxy groups -OCH3 is 2. The molecule has 1 saturated heterocycles. The summed E-state index contributed by atoms with van der Waals surface area (Å²) in [6.07, 6.45) is 6.14. The van der Waals surface area contributed by atoms with Gasteiger partial charge in [0.2, 0.25) is 0 Å². The smallest absolute Gasteiger partial charge is 0.255 e. The van der Waals surface area contributed by atoms with Crippen LogP contribution in [0.3, 0.4) is 0 Å². The molecule has 0 spiro atoms. The van der Waals surface area contributed by atoms with E-state index < -0.39 is 0 Å². The zero-order chi connectivity index (χ0) is 21.8. The molecule has 0 atom stereocenters. The molecule has 10 heteroatoms. The minimum absolute atomic E-state index is 0.232. The summed E-state index contributed by atoms with van der Waals surface area (Å²) in [4.78, 5) is 24.4. The summed E-state index contributed by atoms with van der Waals surface area (Å²) in [5.41, 5.74) is 1.21. The van der Waals surface area contributed by atoms with E-state index in [0.29, 0.717) is 30.2 Å². The van der Waals surface area contributed by atoms with Crippen LogP contribution in [0.15, 0.2) is 29.6 Å². The summed E-state index contributed by atoms with van der Waals surface area (Å²) in [5.74, 6) is 1.65. The zero-order valence-corrected chi connectivity index (χ0v) is 18.7. The molecule has 0 saturated carbocycles. The summed E-state index contributed by atoms with van der Waals surface area (Å²) >= 11 is 1.52. The Morgan fingerprint density at radius 3 is 2.71 bits per heavy atom. The summed E-state index contributed by atoms with van der Waals surface area (Å²) in [6.45, 7) is 2.90. The van der Waals surface area contributed by atoms with Crippen molar-refractivity contribution >= 4 is 34.5 Å². The number of thioether (sulfide) groups is 1. The first kappa shape index (κ1) is 21.2. The molecule has 164 valence electrons. The topological polar surface area (TPSA) is 94.4 Å². The Morgan fingerprint density at radius 1 is 1.19 bits per heavy atom. The van der Waals surface area contributed by atoms with Crippen molar-refractivity contribution in [2.45, 2.75) is 24.5 Å². The number of ether oxygens (including phenoxy) is 2. The maximum absolute atomic E-state index is 12.7. The summed E-state index contributed by atoms with van der Waals surface area (Å²) in [5, 5.41) is 9.12. The lowest BCUT2D eigenvalue weighted by Gasteiger charge is -2.17. The van der Waals surface area contributed by atoms with Gasteiger partial charge in [0.1, 0.15) is 5.82 Å². The van der Waals surface area contributed by atoms with Crippen LogP contribution in [0, 0.1) is 0 Å². The van der Waals surface area contributed by atoms with Crippen LogP contribution in [0.25, 0.3) is 11.0 Å². The number of benzene rings is 1. The molecule has 1 aliphatic heterocycles. The fraction of sp³-hybridized carbons (Fsp3) is 0.429. The number of carbonyl (C=O) groups excluding carboxylic acids is 1. The minimum atomic E-state index is -0.232. The molecule has 1 fully saturated rings. The molecular formula is C21H26N6O3S. The molecule has 0 aliphatic carbocycles. The quantitative estimate of drug-likeness (QED) is 0.420. The van der Waals surface area contributed by atoms with Crippen LogP contribution in [0.1, 0.15) is 23.2 Å². The van der Waals surface area contributed by atoms with E-state index in [2.05, 4.69) is 20.3 Å². The minimum Gasteiger partial charge on any atom is -0.493 e. The molecule has 1 amide bonds. The van der Waals surface area contributed by atoms with E-state index in [1.807, 2.05) is 17.1 Å². The van der Waals surface area contributed by atoms with Crippen molar-refractivity contribution in [2.24, 2.45) is 0 Å². The second kappa shape index (κ2) is 9.42. The third kappa shape index (κ3) is 4.25. The van der Waals surface area contributed by atoms with Crippen molar-refractivity contribution in [3.8, 4) is 11.5 Å². The summed E-state index contributed by atoms with van der Waals surface area (Å²) in [6, 6.07) is 5.23. The number of aromatic nitrogens is 4. The lowest BCUT2D eigenvalue weighted by atomic mass is 10.1. The van der Waals surface area contributed by atoms with Crippen LogP contribution >= 0.6 is 11.8 Å². The molecule has 1 aromatic carbocycles. The van der Waals surface area contributed by atoms with Gasteiger partial charge in [0.15, 0.2) is 22.3 Å². The number of rotatable bonds is 8. The van der Waals surface area contributed by atoms with E-state index in [1.165, 1.54) is 31.7 Å². The van der Waals surface area contributed by atoms with Crippen LogP contribution in [-0.4, -0.2) is 65.8 Å². The van der Waals surface area contributed by atoms with Gasteiger partial charge in [-0.15, -0.1) is 0 Å². The summed E-state index contributed by atoms with van der Waals surface area (Å²) in [7, 11) is 3.06. The maximum atomic E-state index is 12.7. The Kier molecular flexibility index (Phi) is 6.45. The fourth-order valence-electron chi connectivity index (χ4n) is 3.78. The highest BCUT2D eigenvalue weighted by molar-refractivity contribution is 7.98. The number of para-hydroxylation sites is 1. The standard InChI is InChI=1S/C21H26N6O3S/c1-29-16-8-6-7-14(17(16)30-2)20(28)22-9-12-27-19-15(13-23-27)18(24-21(25-19)31-3)26-10-4-5-11-26/h6-8,13H,4-5,9-12H2,1-3H3,(H,22,28). The van der Waals surface area contributed by atoms with Crippen molar-refractivity contribution < 1.29 is 14.3 Å². The first-order valence-corrected chi connectivity index (χ1v) is 11.4. The fourth-order valence-corrected chi connectivity index (χ4v) is 4.14. The molecule has 0 bridgehead atoms. The van der Waals surface area contributed by atoms with Crippen LogP contribution in [0.4, 0.5) is 5.82 Å². The van der Waals surface area contributed by atoms with Gasteiger partial charge in [0.25, 0.3) is 5.91 Å². The van der Waals surface area contributed by atoms with Crippen LogP contribution in [0.5, 0.6) is 11.5 Å². The SMILES string of the molecule is COc1cccc(C(=O)NCCn2ncc3c(N4CCCC4)nc(SC)nc32)c1OC. The number of nitrogens with one attached hydrogen (secondary N) is 1. The first-order chi connectivity index (χ1) is 15.2. The highest BCUT2D eigenvalue weighted by Crippen LogP contribution is 2.31. The van der Waals surface area contributed by atoms with Crippen molar-refractivity contribution in [1.29, 1.82) is 0 Å². The molecule has 9 nitrogen and oxygen atoms in total. The molecule has 4 rings (SSSR count). The molecule has 1 N–H and O–H groups in total. The van der Waals surface area contributed by atoms with Crippen molar-refractivity contribution in [3.05, 3.63) is 30.0 Å². The predicted octanol–water partition coefficient (Wildman–Crippen LogP) is 2.60. The molecule has 31 heavy (non-hydrogen) atoms. The van der Waals surface area contributed by atoms with Crippen LogP contribution in [0.2, 0.25) is 0 Å². The van der Waals surface area contributed by atoms with Gasteiger partial charge in [-0.2, -0.15) is 5.10 Å². The van der Waals surface area contributed by atoms with Gasteiger partial charge >= 0.3 is 0 Å². The number of anilines is 1. The molecule has 3 aromatic rings. The zero-order valence-electron chi connectivity index (χ0n) is 17.9. The van der Waals surface area contributed by atoms with E-state index in [1.54, 1.807) is 25.3 Å². The number of hydrogen-bond donors (Lipinski definition) is 1. The van der Waals surface area contributed by atoms with E-state index >= 15 is 0 Å². The van der Waals surface area contributed by atoms with Gasteiger partial charge in [0.05, 0.1) is 37.9 Å². The van der Waals surface area contributed by atoms with Crippen LogP contribution in [-0.2, 0) is 6.54 Å². The van der Waals surface area contributed by atoms with Gasteiger partial charge in [-0.25, -0.2) is 14.6 Å². The highest BCUT2D eigenvalue weighted by atomic mass is 32.2. The first-order valence-electron chi connectivity index (χ1n) is 10.2. The number of carbonyl (C=O) groups is 1. The summed E-state index contributed by atoms with van der Waals surface area (Å²) < 4.78 is 12.5. The van der Waals surface area contributed by atoms with E-state index in [-0.39, 0.29) is 5.91 Å². The average molecular weight is 443 g/mol. The van der Waals surface area contributed by atoms with E-state index in [0.717, 1.165) is 35.1 Å². The van der Waals surface area contributed by atoms with Crippen molar-refractivity contribution in [2.75, 3.05) is 45.0 Å². The number of amides is 1. The Morgan fingerprint density at radius 2 is 2.00 bits per heavy atom. The Labute approximate surface area is 185 Å². The van der Waals surface area contributed by atoms with Crippen molar-refractivity contribution in [1.82, 2.24) is 25.1 Å². The normalized spacial score (nSPS) is 13.6. The Bertz CT molecular complexity index is 1080. The lowest BCUT2D eigenvalue weighted by molar-refractivity contribution is 0.0948. The second-order valence-corrected chi connectivity index (χ2v) is 7.90. The van der Waals surface area contributed by atoms with Gasteiger partial charge in [-0.1, -0.05) is 17.8 Å². The van der Waals surface area contributed by atoms with Gasteiger partial charge in [0, 0.05) is 19.6 Å². The molecule has 1 aliphatic rings. The number of hydrogen-bond acceptors (Lipinski definition) is 8. The molecule has 3 heterocycles. The molecule has 0 radical (unpaired) electrons. The highest BCUT2D eigenvalue weighted by Gasteiger charge is 2.21. The van der Waals surface area contributed by atoms with Gasteiger partial charge in [-0.05, 0) is 31.2 Å². The maximum Gasteiger partial charge on any atom is 0.255 e. The lowest BCUT2D eigenvalue weighted by Crippen LogP contribution is -2.28. The second-order valence-electron chi connectivity index (χ2n) is 7.13. The van der Waals surface area contributed by atoms with Gasteiger partial charge in [-0.3, -0.25) is 4.79 Å². The number of nitrogens with zero attached hydrogens (tertiary/aromatic N) is 5. The third-order valence-corrected chi connectivity index (χ3v) is 5.85. The predicted molar refractivity (Wildman–Crippen MR) is 120 cm³/mol. The Balaban J connectivity index is 1.51. The van der Waals surface area contributed by atoms with E-state index in [4.69, 9.17) is 14.5 Å². The third-order valence-electron chi connectivity index (χ3n) is 5.30. The van der Waals surface area contributed by atoms with E-state index in [9.17, 15) is 4.79 Å². The average Bonchev–Trinajstić information content (AvgIpc) is 3.48. The van der Waals surface area contributed by atoms with Gasteiger partial charge < -0.3 is 19.7 Å². The Hall–Kier alpha value is -3.01. The molecule has 2 aromatic heterocycles. The van der Waals surface area contributed by atoms with Crippen molar-refractivity contribution in [3.63, 3.8) is 0 Å². The molecule has 0 unspecified atom stereocenters. The van der Waals surface area contributed by atoms with Crippen LogP contribution < -0.4 is 19.7 Å². The largest absolute Gasteiger partial charge is 0.493 e. The number of fused-ring (bicyclic) bond motifs is 1. The molecular weight excluding hydrogens is 416 g/mol.